The van der Waals surface area contributed by atoms with Crippen LogP contribution in [-0.4, -0.2) is 41.6 Å². The van der Waals surface area contributed by atoms with Crippen molar-refractivity contribution >= 4 is 11.9 Å². The first-order chi connectivity index (χ1) is 13.9. The zero-order chi connectivity index (χ0) is 22.3. The molecular formula is C22H28F3NO4. The lowest BCUT2D eigenvalue weighted by Gasteiger charge is -2.48. The van der Waals surface area contributed by atoms with E-state index < -0.39 is 17.3 Å². The van der Waals surface area contributed by atoms with Crippen LogP contribution in [0.1, 0.15) is 68.8 Å². The predicted molar refractivity (Wildman–Crippen MR) is 105 cm³/mol. The number of hydrogen-bond donors (Lipinski definition) is 0. The van der Waals surface area contributed by atoms with Crippen LogP contribution in [0.5, 0.6) is 5.75 Å². The molecule has 2 unspecified atom stereocenters. The van der Waals surface area contributed by atoms with Crippen LogP contribution < -0.4 is 4.74 Å². The van der Waals surface area contributed by atoms with Gasteiger partial charge in [0.2, 0.25) is 0 Å². The number of Topliss-reactive ketones (excluding diaryl/α,β-unsaturated/α-hetero) is 1. The van der Waals surface area contributed by atoms with Crippen molar-refractivity contribution in [1.82, 2.24) is 4.90 Å². The summed E-state index contributed by atoms with van der Waals surface area (Å²) in [6.45, 7) is 5.44. The Morgan fingerprint density at radius 1 is 1.07 bits per heavy atom. The van der Waals surface area contributed by atoms with E-state index in [9.17, 15) is 22.8 Å². The largest absolute Gasteiger partial charge is 0.496 e. The molecule has 5 nitrogen and oxygen atoms in total. The van der Waals surface area contributed by atoms with Crippen molar-refractivity contribution in [3.8, 4) is 5.75 Å². The van der Waals surface area contributed by atoms with Crippen molar-refractivity contribution < 1.29 is 32.2 Å². The Hall–Kier alpha value is -2.25. The number of benzene rings is 1. The van der Waals surface area contributed by atoms with Gasteiger partial charge in [-0.2, -0.15) is 13.2 Å². The van der Waals surface area contributed by atoms with Gasteiger partial charge in [0.25, 0.3) is 0 Å². The highest BCUT2D eigenvalue weighted by molar-refractivity contribution is 6.00. The molecule has 0 radical (unpaired) electrons. The van der Waals surface area contributed by atoms with E-state index >= 15 is 0 Å². The van der Waals surface area contributed by atoms with Crippen LogP contribution in [0.4, 0.5) is 18.0 Å². The minimum atomic E-state index is -4.51. The monoisotopic (exact) mass is 427 g/mol. The molecule has 0 spiro atoms. The first-order valence-corrected chi connectivity index (χ1v) is 10.2. The Labute approximate surface area is 174 Å². The molecule has 2 aliphatic heterocycles. The van der Waals surface area contributed by atoms with Gasteiger partial charge in [-0.3, -0.25) is 4.79 Å². The van der Waals surface area contributed by atoms with E-state index in [0.717, 1.165) is 31.4 Å². The molecule has 2 atom stereocenters. The minimum Gasteiger partial charge on any atom is -0.496 e. The number of ketones is 1. The third kappa shape index (κ3) is 4.73. The molecular weight excluding hydrogens is 399 g/mol. The molecule has 166 valence electrons. The van der Waals surface area contributed by atoms with Crippen molar-refractivity contribution in [1.29, 1.82) is 0 Å². The molecule has 2 aliphatic rings. The van der Waals surface area contributed by atoms with Crippen LogP contribution in [0.2, 0.25) is 0 Å². The van der Waals surface area contributed by atoms with Crippen LogP contribution in [0.3, 0.4) is 0 Å². The Balaban J connectivity index is 1.80. The van der Waals surface area contributed by atoms with E-state index in [1.165, 1.54) is 13.2 Å². The van der Waals surface area contributed by atoms with Gasteiger partial charge in [-0.1, -0.05) is 0 Å². The van der Waals surface area contributed by atoms with Gasteiger partial charge in [-0.15, -0.1) is 0 Å². The average molecular weight is 427 g/mol. The first-order valence-electron chi connectivity index (χ1n) is 10.2. The van der Waals surface area contributed by atoms with Gasteiger partial charge in [0.15, 0.2) is 5.78 Å². The fraction of sp³-hybridized carbons (Fsp3) is 0.636. The lowest BCUT2D eigenvalue weighted by Crippen LogP contribution is -2.56. The Bertz CT molecular complexity index is 802. The summed E-state index contributed by atoms with van der Waals surface area (Å²) < 4.78 is 49.6. The van der Waals surface area contributed by atoms with Crippen molar-refractivity contribution in [3.05, 3.63) is 29.3 Å². The Morgan fingerprint density at radius 3 is 2.17 bits per heavy atom. The summed E-state index contributed by atoms with van der Waals surface area (Å²) in [5, 5.41) is 0. The van der Waals surface area contributed by atoms with Crippen molar-refractivity contribution in [2.24, 2.45) is 5.92 Å². The molecule has 1 amide bonds. The zero-order valence-corrected chi connectivity index (χ0v) is 17.7. The van der Waals surface area contributed by atoms with Crippen LogP contribution >= 0.6 is 0 Å². The lowest BCUT2D eigenvalue weighted by molar-refractivity contribution is -0.137. The quantitative estimate of drug-likeness (QED) is 0.601. The second-order valence-corrected chi connectivity index (χ2v) is 9.07. The molecule has 2 heterocycles. The van der Waals surface area contributed by atoms with Crippen LogP contribution in [0.15, 0.2) is 18.2 Å². The van der Waals surface area contributed by atoms with E-state index in [2.05, 4.69) is 0 Å². The molecule has 1 aromatic carbocycles. The molecule has 0 aliphatic carbocycles. The summed E-state index contributed by atoms with van der Waals surface area (Å²) in [5.74, 6) is -0.680. The first kappa shape index (κ1) is 22.4. The molecule has 8 heteroatoms. The Morgan fingerprint density at radius 2 is 1.67 bits per heavy atom. The maximum Gasteiger partial charge on any atom is 0.416 e. The van der Waals surface area contributed by atoms with Crippen molar-refractivity contribution in [2.45, 2.75) is 76.7 Å². The number of carbonyl (C=O) groups is 2. The van der Waals surface area contributed by atoms with Crippen LogP contribution in [0, 0.1) is 5.92 Å². The van der Waals surface area contributed by atoms with Gasteiger partial charge >= 0.3 is 12.3 Å². The third-order valence-corrected chi connectivity index (χ3v) is 5.74. The Kier molecular flexibility index (Phi) is 6.07. The van der Waals surface area contributed by atoms with Gasteiger partial charge in [-0.05, 0) is 71.1 Å². The van der Waals surface area contributed by atoms with E-state index in [1.54, 1.807) is 4.90 Å². The van der Waals surface area contributed by atoms with E-state index in [1.807, 2.05) is 20.8 Å². The molecule has 0 N–H and O–H groups in total. The smallest absolute Gasteiger partial charge is 0.416 e. The standard InChI is InChI=1S/C22H28F3NO4/c1-21(2,3)30-20(28)26-15-6-5-7-16(26)11-13(10-15)19(27)17-9-8-14(22(23,24)25)12-18(17)29-4/h8-9,12-13,15-16H,5-7,10-11H2,1-4H3. The normalized spacial score (nSPS) is 24.4. The second-order valence-electron chi connectivity index (χ2n) is 9.07. The number of fused-ring (bicyclic) bond motifs is 2. The van der Waals surface area contributed by atoms with E-state index in [0.29, 0.717) is 12.8 Å². The van der Waals surface area contributed by atoms with Gasteiger partial charge in [-0.25, -0.2) is 4.79 Å². The number of alkyl halides is 3. The van der Waals surface area contributed by atoms with E-state index in [4.69, 9.17) is 9.47 Å². The van der Waals surface area contributed by atoms with Crippen molar-refractivity contribution in [2.75, 3.05) is 7.11 Å². The summed E-state index contributed by atoms with van der Waals surface area (Å²) in [7, 11) is 1.26. The number of piperidine rings is 2. The second kappa shape index (κ2) is 8.12. The maximum absolute atomic E-state index is 13.2. The molecule has 0 aromatic heterocycles. The number of methoxy groups -OCH3 is 1. The number of amides is 1. The summed E-state index contributed by atoms with van der Waals surface area (Å²) in [4.78, 5) is 27.6. The number of hydrogen-bond acceptors (Lipinski definition) is 4. The minimum absolute atomic E-state index is 0.0745. The number of carbonyl (C=O) groups excluding carboxylic acids is 2. The van der Waals surface area contributed by atoms with Crippen molar-refractivity contribution in [3.63, 3.8) is 0 Å². The molecule has 30 heavy (non-hydrogen) atoms. The molecule has 2 fully saturated rings. The number of halogens is 3. The van der Waals surface area contributed by atoms with Gasteiger partial charge < -0.3 is 14.4 Å². The predicted octanol–water partition coefficient (Wildman–Crippen LogP) is 5.46. The summed E-state index contributed by atoms with van der Waals surface area (Å²) >= 11 is 0. The number of ether oxygens (including phenoxy) is 2. The molecule has 2 saturated heterocycles. The van der Waals surface area contributed by atoms with Crippen LogP contribution in [0.25, 0.3) is 0 Å². The molecule has 3 rings (SSSR count). The summed E-state index contributed by atoms with van der Waals surface area (Å²) in [6, 6.07) is 2.75. The fourth-order valence-electron chi connectivity index (χ4n) is 4.50. The molecule has 0 saturated carbocycles. The van der Waals surface area contributed by atoms with Gasteiger partial charge in [0.1, 0.15) is 11.4 Å². The number of nitrogens with zero attached hydrogens (tertiary/aromatic N) is 1. The third-order valence-electron chi connectivity index (χ3n) is 5.74. The summed E-state index contributed by atoms with van der Waals surface area (Å²) in [6.07, 6.45) is -1.40. The fourth-order valence-corrected chi connectivity index (χ4v) is 4.50. The number of rotatable bonds is 3. The topological polar surface area (TPSA) is 55.8 Å². The molecule has 1 aromatic rings. The summed E-state index contributed by atoms with van der Waals surface area (Å²) in [5.41, 5.74) is -1.31. The zero-order valence-electron chi connectivity index (χ0n) is 17.7. The lowest BCUT2D eigenvalue weighted by atomic mass is 9.75. The highest BCUT2D eigenvalue weighted by Gasteiger charge is 2.45. The highest BCUT2D eigenvalue weighted by Crippen LogP contribution is 2.41. The average Bonchev–Trinajstić information content (AvgIpc) is 2.63. The SMILES string of the molecule is COc1cc(C(F)(F)F)ccc1C(=O)C1CC2CCCC(C1)N2C(=O)OC(C)(C)C. The van der Waals surface area contributed by atoms with Crippen LogP contribution in [-0.2, 0) is 10.9 Å². The van der Waals surface area contributed by atoms with E-state index in [-0.39, 0.29) is 41.2 Å². The maximum atomic E-state index is 13.2. The molecule has 2 bridgehead atoms. The van der Waals surface area contributed by atoms with Gasteiger partial charge in [0.05, 0.1) is 18.2 Å². The van der Waals surface area contributed by atoms with Gasteiger partial charge in [0, 0.05) is 18.0 Å². The highest BCUT2D eigenvalue weighted by atomic mass is 19.4.